The molecule has 1 amide bonds. The highest BCUT2D eigenvalue weighted by Crippen LogP contribution is 2.30. The molecule has 2 rings (SSSR count). The lowest BCUT2D eigenvalue weighted by Gasteiger charge is -2.13. The molecule has 0 spiro atoms. The summed E-state index contributed by atoms with van der Waals surface area (Å²) in [7, 11) is 0. The van der Waals surface area contributed by atoms with E-state index >= 15 is 0 Å². The van der Waals surface area contributed by atoms with Gasteiger partial charge in [0.2, 0.25) is 0 Å². The van der Waals surface area contributed by atoms with Crippen molar-refractivity contribution in [1.29, 1.82) is 5.26 Å². The molecule has 1 aromatic carbocycles. The van der Waals surface area contributed by atoms with Gasteiger partial charge in [0, 0.05) is 11.3 Å². The summed E-state index contributed by atoms with van der Waals surface area (Å²) in [6.45, 7) is -0.443. The van der Waals surface area contributed by atoms with E-state index in [-0.39, 0.29) is 35.4 Å². The molecule has 0 saturated carbocycles. The van der Waals surface area contributed by atoms with Crippen LogP contribution in [0, 0.1) is 11.3 Å². The van der Waals surface area contributed by atoms with E-state index in [4.69, 9.17) is 10.00 Å². The first-order chi connectivity index (χ1) is 11.8. The Kier molecular flexibility index (Phi) is 5.64. The van der Waals surface area contributed by atoms with Crippen molar-refractivity contribution in [3.8, 4) is 11.8 Å². The summed E-state index contributed by atoms with van der Waals surface area (Å²) >= 11 is 0. The molecule has 25 heavy (non-hydrogen) atoms. The van der Waals surface area contributed by atoms with E-state index in [1.807, 2.05) is 6.07 Å². The first-order valence-electron chi connectivity index (χ1n) is 7.33. The Morgan fingerprint density at radius 3 is 2.64 bits per heavy atom. The van der Waals surface area contributed by atoms with Crippen LogP contribution < -0.4 is 15.6 Å². The van der Waals surface area contributed by atoms with Crippen LogP contribution in [-0.4, -0.2) is 24.5 Å². The van der Waals surface area contributed by atoms with Gasteiger partial charge in [-0.2, -0.15) is 18.4 Å². The molecule has 1 aliphatic rings. The third-order valence-electron chi connectivity index (χ3n) is 3.47. The fourth-order valence-corrected chi connectivity index (χ4v) is 2.31. The van der Waals surface area contributed by atoms with Gasteiger partial charge in [0.05, 0.1) is 5.56 Å². The van der Waals surface area contributed by atoms with Gasteiger partial charge in [-0.15, -0.1) is 0 Å². The average molecular weight is 353 g/mol. The van der Waals surface area contributed by atoms with Gasteiger partial charge in [0.25, 0.3) is 11.7 Å². The Morgan fingerprint density at radius 2 is 1.96 bits per heavy atom. The molecular formula is C16H14F3N3O3. The maximum Gasteiger partial charge on any atom is 0.454 e. The van der Waals surface area contributed by atoms with Crippen LogP contribution in [0.2, 0.25) is 0 Å². The molecule has 1 aliphatic carbocycles. The third kappa shape index (κ3) is 4.73. The Balaban J connectivity index is 1.91. The topological polar surface area (TPSA) is 91.2 Å². The molecular weight excluding hydrogens is 339 g/mol. The highest BCUT2D eigenvalue weighted by Gasteiger charge is 2.42. The lowest BCUT2D eigenvalue weighted by atomic mass is 10.1. The van der Waals surface area contributed by atoms with E-state index in [2.05, 4.69) is 10.9 Å². The Labute approximate surface area is 141 Å². The van der Waals surface area contributed by atoms with E-state index in [1.54, 1.807) is 12.1 Å². The fourth-order valence-electron chi connectivity index (χ4n) is 2.31. The number of hydrogen-bond donors (Lipinski definition) is 2. The van der Waals surface area contributed by atoms with E-state index < -0.39 is 24.5 Å². The molecule has 0 bridgehead atoms. The molecule has 0 unspecified atom stereocenters. The first-order valence-corrected chi connectivity index (χ1v) is 7.33. The van der Waals surface area contributed by atoms with Gasteiger partial charge in [0.15, 0.2) is 6.61 Å². The molecule has 6 nitrogen and oxygen atoms in total. The van der Waals surface area contributed by atoms with E-state index in [1.165, 1.54) is 12.1 Å². The van der Waals surface area contributed by atoms with Crippen molar-refractivity contribution in [2.75, 3.05) is 6.61 Å². The monoisotopic (exact) mass is 353 g/mol. The van der Waals surface area contributed by atoms with Crippen LogP contribution in [0.3, 0.4) is 0 Å². The number of rotatable bonds is 6. The summed E-state index contributed by atoms with van der Waals surface area (Å²) in [6.07, 6.45) is -4.32. The van der Waals surface area contributed by atoms with Crippen molar-refractivity contribution in [1.82, 2.24) is 10.9 Å². The highest BCUT2D eigenvalue weighted by atomic mass is 19.4. The Morgan fingerprint density at radius 1 is 1.24 bits per heavy atom. The number of Topliss-reactive ketones (excluding diaryl/α,β-unsaturated/α-hetero) is 1. The van der Waals surface area contributed by atoms with Gasteiger partial charge in [-0.3, -0.25) is 15.0 Å². The van der Waals surface area contributed by atoms with Crippen molar-refractivity contribution < 1.29 is 27.5 Å². The van der Waals surface area contributed by atoms with Crippen LogP contribution in [0.25, 0.3) is 0 Å². The number of hydrazine groups is 1. The molecule has 0 heterocycles. The number of allylic oxidation sites excluding steroid dienone is 2. The minimum atomic E-state index is -4.94. The van der Waals surface area contributed by atoms with Crippen LogP contribution in [0.5, 0.6) is 5.75 Å². The summed E-state index contributed by atoms with van der Waals surface area (Å²) in [5, 5.41) is 8.90. The molecule has 0 atom stereocenters. The number of halogens is 3. The number of nitrogens with one attached hydrogen (secondary N) is 2. The third-order valence-corrected chi connectivity index (χ3v) is 3.47. The smallest absolute Gasteiger partial charge is 0.454 e. The van der Waals surface area contributed by atoms with E-state index in [0.29, 0.717) is 6.42 Å². The van der Waals surface area contributed by atoms with Crippen LogP contribution in [-0.2, 0) is 9.59 Å². The number of amides is 1. The molecule has 0 radical (unpaired) electrons. The summed E-state index contributed by atoms with van der Waals surface area (Å²) in [4.78, 5) is 23.0. The second kappa shape index (κ2) is 7.70. The predicted molar refractivity (Wildman–Crippen MR) is 79.9 cm³/mol. The predicted octanol–water partition coefficient (Wildman–Crippen LogP) is 2.13. The van der Waals surface area contributed by atoms with Gasteiger partial charge in [-0.1, -0.05) is 12.1 Å². The zero-order chi connectivity index (χ0) is 18.4. The zero-order valence-corrected chi connectivity index (χ0v) is 12.9. The normalized spacial score (nSPS) is 14.0. The second-order valence-electron chi connectivity index (χ2n) is 5.21. The molecule has 0 aliphatic heterocycles. The van der Waals surface area contributed by atoms with E-state index in [9.17, 15) is 22.8 Å². The number of nitriles is 1. The second-order valence-corrected chi connectivity index (χ2v) is 5.21. The van der Waals surface area contributed by atoms with Crippen molar-refractivity contribution in [3.63, 3.8) is 0 Å². The van der Waals surface area contributed by atoms with Crippen LogP contribution in [0.4, 0.5) is 13.2 Å². The number of ketones is 1. The standard InChI is InChI=1S/C16H14F3N3O3/c17-16(18,19)15(24)11-5-3-6-12(11)21-22-14(23)9-25-13-7-2-1-4-10(13)8-20/h1-2,4,7,21H,3,5-6,9H2,(H,22,23). The largest absolute Gasteiger partial charge is 0.482 e. The van der Waals surface area contributed by atoms with Crippen molar-refractivity contribution in [3.05, 3.63) is 41.1 Å². The molecule has 1 aromatic rings. The highest BCUT2D eigenvalue weighted by molar-refractivity contribution is 6.00. The quantitative estimate of drug-likeness (QED) is 0.765. The number of carbonyl (C=O) groups excluding carboxylic acids is 2. The number of nitrogens with zero attached hydrogens (tertiary/aromatic N) is 1. The zero-order valence-electron chi connectivity index (χ0n) is 12.9. The summed E-state index contributed by atoms with van der Waals surface area (Å²) in [5.41, 5.74) is 4.49. The Bertz CT molecular complexity index is 751. The maximum atomic E-state index is 12.5. The molecule has 9 heteroatoms. The number of carbonyl (C=O) groups is 2. The molecule has 2 N–H and O–H groups in total. The van der Waals surface area contributed by atoms with Crippen molar-refractivity contribution in [2.24, 2.45) is 0 Å². The molecule has 0 fully saturated rings. The fraction of sp³-hybridized carbons (Fsp3) is 0.312. The van der Waals surface area contributed by atoms with Crippen LogP contribution in [0.15, 0.2) is 35.5 Å². The van der Waals surface area contributed by atoms with E-state index in [0.717, 1.165) is 0 Å². The molecule has 132 valence electrons. The van der Waals surface area contributed by atoms with Crippen molar-refractivity contribution in [2.45, 2.75) is 25.4 Å². The number of benzene rings is 1. The number of ether oxygens (including phenoxy) is 1. The first kappa shape index (κ1) is 18.3. The average Bonchev–Trinajstić information content (AvgIpc) is 3.05. The van der Waals surface area contributed by atoms with Gasteiger partial charge < -0.3 is 10.2 Å². The number of alkyl halides is 3. The lowest BCUT2D eigenvalue weighted by molar-refractivity contribution is -0.166. The summed E-state index contributed by atoms with van der Waals surface area (Å²) in [6, 6.07) is 8.20. The summed E-state index contributed by atoms with van der Waals surface area (Å²) in [5.74, 6) is -2.35. The number of hydrogen-bond acceptors (Lipinski definition) is 5. The Hall–Kier alpha value is -3.02. The van der Waals surface area contributed by atoms with Gasteiger partial charge in [-0.05, 0) is 31.4 Å². The maximum absolute atomic E-state index is 12.5. The number of para-hydroxylation sites is 1. The van der Waals surface area contributed by atoms with Crippen LogP contribution in [0.1, 0.15) is 24.8 Å². The molecule has 0 saturated heterocycles. The van der Waals surface area contributed by atoms with Gasteiger partial charge in [0.1, 0.15) is 11.8 Å². The van der Waals surface area contributed by atoms with Gasteiger partial charge >= 0.3 is 6.18 Å². The minimum Gasteiger partial charge on any atom is -0.482 e. The SMILES string of the molecule is N#Cc1ccccc1OCC(=O)NNC1=C(C(=O)C(F)(F)F)CCC1. The van der Waals surface area contributed by atoms with Gasteiger partial charge in [-0.25, -0.2) is 0 Å². The lowest BCUT2D eigenvalue weighted by Crippen LogP contribution is -2.40. The van der Waals surface area contributed by atoms with Crippen molar-refractivity contribution >= 4 is 11.7 Å². The van der Waals surface area contributed by atoms with Crippen LogP contribution >= 0.6 is 0 Å². The summed E-state index contributed by atoms with van der Waals surface area (Å²) < 4.78 is 42.7. The minimum absolute atomic E-state index is 0.00257. The molecule has 0 aromatic heterocycles.